The molecule has 0 atom stereocenters. The van der Waals surface area contributed by atoms with Crippen LogP contribution >= 0.6 is 0 Å². The zero-order valence-electron chi connectivity index (χ0n) is 3.63. The Labute approximate surface area is 41.3 Å². The maximum Gasteiger partial charge on any atom is 0.319 e. The van der Waals surface area contributed by atoms with Crippen molar-refractivity contribution < 1.29 is 0 Å². The van der Waals surface area contributed by atoms with Gasteiger partial charge >= 0.3 is 5.84 Å². The molecule has 1 N–H and O–H groups in total. The first-order chi connectivity index (χ1) is 3.39. The monoisotopic (exact) mass is 94.0 g/mol. The van der Waals surface area contributed by atoms with Gasteiger partial charge in [-0.3, -0.25) is 0 Å². The van der Waals surface area contributed by atoms with E-state index in [1.807, 2.05) is 0 Å². The molecule has 0 aromatic rings. The topological polar surface area (TPSA) is 48.6 Å². The van der Waals surface area contributed by atoms with Gasteiger partial charge in [0, 0.05) is 0 Å². The summed E-state index contributed by atoms with van der Waals surface area (Å²) in [4.78, 5) is 7.15. The van der Waals surface area contributed by atoms with Crippen LogP contribution in [0.2, 0.25) is 0 Å². The van der Waals surface area contributed by atoms with Crippen molar-refractivity contribution in [1.29, 1.82) is 5.41 Å². The predicted octanol–water partition coefficient (Wildman–Crippen LogP) is 0.281. The highest BCUT2D eigenvalue weighted by Crippen LogP contribution is 1.83. The van der Waals surface area contributed by atoms with Crippen molar-refractivity contribution in [2.45, 2.75) is 0 Å². The van der Waals surface area contributed by atoms with Crippen molar-refractivity contribution in [1.82, 2.24) is 0 Å². The van der Waals surface area contributed by atoms with Crippen molar-refractivity contribution in [3.05, 3.63) is 6.42 Å². The Morgan fingerprint density at radius 3 is 2.86 bits per heavy atom. The van der Waals surface area contributed by atoms with Crippen LogP contribution in [0.15, 0.2) is 9.98 Å². The van der Waals surface area contributed by atoms with Gasteiger partial charge in [0.25, 0.3) is 0 Å². The summed E-state index contributed by atoms with van der Waals surface area (Å²) in [6.45, 7) is 0. The molecule has 7 heavy (non-hydrogen) atoms. The van der Waals surface area contributed by atoms with Crippen LogP contribution in [0.1, 0.15) is 0 Å². The third kappa shape index (κ3) is 0.855. The summed E-state index contributed by atoms with van der Waals surface area (Å²) in [5.41, 5.74) is 0. The summed E-state index contributed by atoms with van der Waals surface area (Å²) in [5, 5.41) is 6.84. The second-order valence-electron chi connectivity index (χ2n) is 1.09. The lowest BCUT2D eigenvalue weighted by Crippen LogP contribution is -1.98. The zero-order valence-corrected chi connectivity index (χ0v) is 3.63. The Bertz CT molecular complexity index is 134. The van der Waals surface area contributed by atoms with E-state index in [0.29, 0.717) is 0 Å². The largest absolute Gasteiger partial charge is 0.319 e. The highest BCUT2D eigenvalue weighted by atomic mass is 14.9. The molecule has 0 amide bonds. The Kier molecular flexibility index (Phi) is 0.898. The van der Waals surface area contributed by atoms with Crippen LogP contribution in [0.3, 0.4) is 0 Å². The third-order valence-corrected chi connectivity index (χ3v) is 0.582. The van der Waals surface area contributed by atoms with Gasteiger partial charge in [0.15, 0.2) is 12.6 Å². The van der Waals surface area contributed by atoms with Crippen LogP contribution in [-0.2, 0) is 0 Å². The molecule has 0 aromatic carbocycles. The maximum atomic E-state index is 6.84. The molecule has 3 heteroatoms. The summed E-state index contributed by atoms with van der Waals surface area (Å²) in [5.74, 6) is 0.259. The number of nitrogens with zero attached hydrogens (tertiary/aromatic N) is 2. The van der Waals surface area contributed by atoms with Gasteiger partial charge in [-0.15, -0.1) is 0 Å². The van der Waals surface area contributed by atoms with Crippen molar-refractivity contribution in [2.24, 2.45) is 9.98 Å². The maximum absolute atomic E-state index is 6.84. The van der Waals surface area contributed by atoms with Crippen LogP contribution in [-0.4, -0.2) is 18.4 Å². The van der Waals surface area contributed by atoms with Crippen LogP contribution < -0.4 is 0 Å². The van der Waals surface area contributed by atoms with Crippen molar-refractivity contribution in [2.75, 3.05) is 0 Å². The molecule has 0 spiro atoms. The molecule has 0 unspecified atom stereocenters. The molecule has 0 radical (unpaired) electrons. The van der Waals surface area contributed by atoms with Crippen molar-refractivity contribution in [3.8, 4) is 0 Å². The number of nitrogens with one attached hydrogen (secondary N) is 1. The molecule has 0 saturated carbocycles. The minimum atomic E-state index is 0.259. The van der Waals surface area contributed by atoms with E-state index < -0.39 is 0 Å². The lowest BCUT2D eigenvalue weighted by Gasteiger charge is -1.80. The molecule has 0 bridgehead atoms. The quantitative estimate of drug-likeness (QED) is 0.419. The summed E-state index contributed by atoms with van der Waals surface area (Å²) < 4.78 is 0. The molecular weight excluding hydrogens is 90.1 g/mol. The average molecular weight is 94.1 g/mol. The SMILES string of the molecule is N=C1[CH+]C=NC=N1. The van der Waals surface area contributed by atoms with Crippen molar-refractivity contribution >= 4 is 18.4 Å². The van der Waals surface area contributed by atoms with Crippen LogP contribution in [0, 0.1) is 11.8 Å². The Morgan fingerprint density at radius 2 is 2.57 bits per heavy atom. The van der Waals surface area contributed by atoms with Gasteiger partial charge in [0.05, 0.1) is 0 Å². The smallest absolute Gasteiger partial charge is 0.242 e. The summed E-state index contributed by atoms with van der Waals surface area (Å²) in [6.07, 6.45) is 4.41. The fourth-order valence-corrected chi connectivity index (χ4v) is 0.291. The van der Waals surface area contributed by atoms with Gasteiger partial charge in [-0.1, -0.05) is 0 Å². The second kappa shape index (κ2) is 1.55. The molecule has 0 saturated heterocycles. The first kappa shape index (κ1) is 4.05. The lowest BCUT2D eigenvalue weighted by molar-refractivity contribution is 1.43. The average Bonchev–Trinajstić information content (AvgIpc) is 1.69. The minimum absolute atomic E-state index is 0.259. The van der Waals surface area contributed by atoms with E-state index in [1.54, 1.807) is 0 Å². The van der Waals surface area contributed by atoms with Gasteiger partial charge in [0.2, 0.25) is 0 Å². The number of amidine groups is 1. The Hall–Kier alpha value is -1.12. The molecule has 34 valence electrons. The van der Waals surface area contributed by atoms with E-state index >= 15 is 0 Å². The van der Waals surface area contributed by atoms with Gasteiger partial charge < -0.3 is 0 Å². The molecule has 0 fully saturated rings. The molecule has 1 aliphatic heterocycles. The summed E-state index contributed by atoms with van der Waals surface area (Å²) in [7, 11) is 0. The summed E-state index contributed by atoms with van der Waals surface area (Å²) >= 11 is 0. The molecular formula is C4H4N3+. The molecule has 0 aliphatic carbocycles. The number of hydrogen-bond acceptors (Lipinski definition) is 2. The third-order valence-electron chi connectivity index (χ3n) is 0.582. The van der Waals surface area contributed by atoms with Crippen molar-refractivity contribution in [3.63, 3.8) is 0 Å². The van der Waals surface area contributed by atoms with E-state index in [0.717, 1.165) is 0 Å². The number of rotatable bonds is 0. The van der Waals surface area contributed by atoms with Crippen LogP contribution in [0.4, 0.5) is 0 Å². The fourth-order valence-electron chi connectivity index (χ4n) is 0.291. The minimum Gasteiger partial charge on any atom is -0.242 e. The Balaban J connectivity index is 2.66. The molecule has 1 aliphatic rings. The molecule has 3 nitrogen and oxygen atoms in total. The van der Waals surface area contributed by atoms with Crippen LogP contribution in [0.25, 0.3) is 0 Å². The molecule has 1 rings (SSSR count). The van der Waals surface area contributed by atoms with E-state index in [2.05, 4.69) is 9.98 Å². The first-order valence-corrected chi connectivity index (χ1v) is 1.87. The highest BCUT2D eigenvalue weighted by Gasteiger charge is 2.03. The zero-order chi connectivity index (χ0) is 5.11. The van der Waals surface area contributed by atoms with E-state index in [1.165, 1.54) is 19.0 Å². The predicted molar refractivity (Wildman–Crippen MR) is 29.0 cm³/mol. The normalized spacial score (nSPS) is 16.9. The van der Waals surface area contributed by atoms with Crippen LogP contribution in [0.5, 0.6) is 0 Å². The molecule has 0 aromatic heterocycles. The number of aliphatic imine (C=N–C) groups is 2. The standard InChI is InChI=1S/C4H4N3/c5-4-1-2-6-3-7-4/h1-3,5H/q+1. The van der Waals surface area contributed by atoms with E-state index in [-0.39, 0.29) is 5.84 Å². The Morgan fingerprint density at radius 1 is 1.71 bits per heavy atom. The lowest BCUT2D eigenvalue weighted by atomic mass is 10.4. The highest BCUT2D eigenvalue weighted by molar-refractivity contribution is 6.10. The van der Waals surface area contributed by atoms with E-state index in [4.69, 9.17) is 5.41 Å². The van der Waals surface area contributed by atoms with Gasteiger partial charge in [-0.2, -0.15) is 4.99 Å². The first-order valence-electron chi connectivity index (χ1n) is 1.87. The fraction of sp³-hybridized carbons (Fsp3) is 0. The van der Waals surface area contributed by atoms with E-state index in [9.17, 15) is 0 Å². The van der Waals surface area contributed by atoms with Gasteiger partial charge in [-0.25, -0.2) is 10.4 Å². The second-order valence-corrected chi connectivity index (χ2v) is 1.09. The van der Waals surface area contributed by atoms with Gasteiger partial charge in [-0.05, 0) is 0 Å². The van der Waals surface area contributed by atoms with Gasteiger partial charge in [0.1, 0.15) is 6.34 Å². The molecule has 1 heterocycles. The summed E-state index contributed by atoms with van der Waals surface area (Å²) in [6, 6.07) is 0. The number of hydrogen-bond donors (Lipinski definition) is 1.